The fourth-order valence-corrected chi connectivity index (χ4v) is 5.83. The van der Waals surface area contributed by atoms with Gasteiger partial charge in [-0.1, -0.05) is 62.3 Å². The van der Waals surface area contributed by atoms with Gasteiger partial charge in [-0.3, -0.25) is 0 Å². The Labute approximate surface area is 275 Å². The molecule has 222 valence electrons. The molecule has 6 aromatic rings. The van der Waals surface area contributed by atoms with E-state index in [1.54, 1.807) is 0 Å². The molecular formula is C39H35N3OPt. The van der Waals surface area contributed by atoms with Crippen LogP contribution in [0.1, 0.15) is 47.1 Å². The Balaban J connectivity index is 0.00000343. The number of fused-ring (bicyclic) bond motifs is 4. The summed E-state index contributed by atoms with van der Waals surface area (Å²) in [6.07, 6.45) is 0. The topological polar surface area (TPSA) is 20.6 Å². The number of ether oxygens (including phenoxy) is 1. The Morgan fingerprint density at radius 3 is 2.18 bits per heavy atom. The second-order valence-corrected chi connectivity index (χ2v) is 13.2. The summed E-state index contributed by atoms with van der Waals surface area (Å²) in [6.45, 7) is 15.5. The van der Waals surface area contributed by atoms with Crippen LogP contribution < -0.4 is 14.5 Å². The van der Waals surface area contributed by atoms with Crippen molar-refractivity contribution < 1.29 is 25.8 Å². The zero-order valence-electron chi connectivity index (χ0n) is 25.9. The van der Waals surface area contributed by atoms with E-state index in [-0.39, 0.29) is 32.0 Å². The van der Waals surface area contributed by atoms with Crippen molar-refractivity contribution in [1.82, 2.24) is 4.57 Å². The summed E-state index contributed by atoms with van der Waals surface area (Å²) in [7, 11) is 0. The monoisotopic (exact) mass is 756 g/mol. The second-order valence-electron chi connectivity index (χ2n) is 13.2. The van der Waals surface area contributed by atoms with Crippen molar-refractivity contribution in [2.75, 3.05) is 9.80 Å². The number of hydrogen-bond acceptors (Lipinski definition) is 3. The molecule has 0 unspecified atom stereocenters. The first-order valence-electron chi connectivity index (χ1n) is 14.8. The number of hydrogen-bond donors (Lipinski definition) is 0. The largest absolute Gasteiger partial charge is 4.00 e. The summed E-state index contributed by atoms with van der Waals surface area (Å²) >= 11 is 0. The molecule has 0 atom stereocenters. The first-order chi connectivity index (χ1) is 20.6. The minimum absolute atomic E-state index is 0. The van der Waals surface area contributed by atoms with Gasteiger partial charge >= 0.3 is 21.1 Å². The Kier molecular flexibility index (Phi) is 7.62. The van der Waals surface area contributed by atoms with Crippen LogP contribution in [0.15, 0.2) is 97.1 Å². The molecule has 4 nitrogen and oxygen atoms in total. The third-order valence-corrected chi connectivity index (χ3v) is 8.04. The summed E-state index contributed by atoms with van der Waals surface area (Å²) in [6, 6.07) is 44.1. The van der Waals surface area contributed by atoms with Gasteiger partial charge in [0.1, 0.15) is 0 Å². The van der Waals surface area contributed by atoms with Crippen molar-refractivity contribution in [3.8, 4) is 17.2 Å². The number of nitrogens with zero attached hydrogens (tertiary/aromatic N) is 3. The van der Waals surface area contributed by atoms with Crippen LogP contribution in [-0.4, -0.2) is 10.1 Å². The van der Waals surface area contributed by atoms with Crippen molar-refractivity contribution in [3.63, 3.8) is 0 Å². The quantitative estimate of drug-likeness (QED) is 0.167. The van der Waals surface area contributed by atoms with E-state index in [0.29, 0.717) is 11.5 Å². The van der Waals surface area contributed by atoms with Gasteiger partial charge in [0, 0.05) is 33.9 Å². The minimum atomic E-state index is -0.0639. The molecule has 5 aromatic carbocycles. The SMILES string of the molecule is CC(C)(C)c1cc[c-]c(-n2c3[c-]c(Oc4[c-]c(N5[CH-]N(C(C)(C)C)c6ccccc65)ccc4)ccc3c3ccccc32)c1.[Pt+4]. The summed E-state index contributed by atoms with van der Waals surface area (Å²) in [5.74, 6) is 1.27. The molecule has 0 saturated carbocycles. The molecule has 1 aromatic heterocycles. The molecule has 0 spiro atoms. The van der Waals surface area contributed by atoms with Crippen LogP contribution in [0.5, 0.6) is 11.5 Å². The second kappa shape index (κ2) is 11.2. The van der Waals surface area contributed by atoms with Gasteiger partial charge in [-0.25, -0.2) is 0 Å². The molecule has 44 heavy (non-hydrogen) atoms. The Hall–Kier alpha value is -4.01. The number of anilines is 3. The molecule has 0 N–H and O–H groups in total. The number of para-hydroxylation sites is 3. The fourth-order valence-electron chi connectivity index (χ4n) is 5.83. The van der Waals surface area contributed by atoms with E-state index in [9.17, 15) is 0 Å². The van der Waals surface area contributed by atoms with Crippen LogP contribution in [0, 0.1) is 24.9 Å². The molecular weight excluding hydrogens is 722 g/mol. The zero-order chi connectivity index (χ0) is 29.9. The third-order valence-electron chi connectivity index (χ3n) is 8.04. The zero-order valence-corrected chi connectivity index (χ0v) is 28.2. The molecule has 0 amide bonds. The summed E-state index contributed by atoms with van der Waals surface area (Å²) in [4.78, 5) is 4.48. The Bertz CT molecular complexity index is 1980. The van der Waals surface area contributed by atoms with E-state index >= 15 is 0 Å². The van der Waals surface area contributed by atoms with Gasteiger partial charge in [-0.2, -0.15) is 42.6 Å². The normalized spacial score (nSPS) is 13.3. The smallest absolute Gasteiger partial charge is 0.509 e. The predicted molar refractivity (Wildman–Crippen MR) is 178 cm³/mol. The average molecular weight is 757 g/mol. The molecule has 2 heterocycles. The molecule has 0 fully saturated rings. The van der Waals surface area contributed by atoms with Crippen LogP contribution >= 0.6 is 0 Å². The van der Waals surface area contributed by atoms with Gasteiger partial charge in [0.25, 0.3) is 0 Å². The molecule has 0 saturated heterocycles. The minimum Gasteiger partial charge on any atom is -0.509 e. The maximum atomic E-state index is 6.44. The predicted octanol–water partition coefficient (Wildman–Crippen LogP) is 10.1. The summed E-state index contributed by atoms with van der Waals surface area (Å²) < 4.78 is 8.69. The van der Waals surface area contributed by atoms with Crippen LogP contribution in [0.25, 0.3) is 27.5 Å². The van der Waals surface area contributed by atoms with Gasteiger partial charge in [0.2, 0.25) is 0 Å². The maximum Gasteiger partial charge on any atom is 4.00 e. The van der Waals surface area contributed by atoms with Crippen LogP contribution in [0.3, 0.4) is 0 Å². The van der Waals surface area contributed by atoms with Crippen LogP contribution in [-0.2, 0) is 26.5 Å². The molecule has 5 heteroatoms. The Morgan fingerprint density at radius 1 is 0.682 bits per heavy atom. The van der Waals surface area contributed by atoms with Gasteiger partial charge in [-0.15, -0.1) is 47.5 Å². The number of aromatic nitrogens is 1. The van der Waals surface area contributed by atoms with Crippen molar-refractivity contribution in [2.45, 2.75) is 52.5 Å². The van der Waals surface area contributed by atoms with E-state index < -0.39 is 0 Å². The van der Waals surface area contributed by atoms with E-state index in [2.05, 4.69) is 154 Å². The molecule has 0 bridgehead atoms. The number of rotatable bonds is 4. The maximum absolute atomic E-state index is 6.44. The first kappa shape index (κ1) is 30.0. The van der Waals surface area contributed by atoms with Crippen molar-refractivity contribution in [3.05, 3.63) is 127 Å². The molecule has 0 aliphatic carbocycles. The third kappa shape index (κ3) is 5.30. The standard InChI is InChI=1S/C39H35N3O.Pt/c1-38(2,3)27-13-11-15-29(23-27)42-34-18-8-7-17-32(34)33-22-21-31(25-37(33)42)43-30-16-12-14-28(24-30)40-26-41(39(4,5)6)36-20-10-9-19-35(36)40;/h7-14,16-23,26H,1-6H3;/q-4;+4. The summed E-state index contributed by atoms with van der Waals surface area (Å²) in [5, 5.41) is 2.30. The average Bonchev–Trinajstić information content (AvgIpc) is 3.53. The van der Waals surface area contributed by atoms with E-state index in [0.717, 1.165) is 33.5 Å². The van der Waals surface area contributed by atoms with Crippen LogP contribution in [0.2, 0.25) is 0 Å². The van der Waals surface area contributed by atoms with E-state index in [4.69, 9.17) is 4.74 Å². The summed E-state index contributed by atoms with van der Waals surface area (Å²) in [5.41, 5.74) is 7.51. The fraction of sp³-hybridized carbons (Fsp3) is 0.205. The molecule has 1 aliphatic heterocycles. The first-order valence-corrected chi connectivity index (χ1v) is 14.8. The van der Waals surface area contributed by atoms with Crippen molar-refractivity contribution >= 4 is 38.9 Å². The van der Waals surface area contributed by atoms with Crippen molar-refractivity contribution in [2.24, 2.45) is 0 Å². The number of benzene rings is 5. The molecule has 7 rings (SSSR count). The van der Waals surface area contributed by atoms with E-state index in [1.165, 1.54) is 16.6 Å². The molecule has 1 aliphatic rings. The van der Waals surface area contributed by atoms with Crippen LogP contribution in [0.4, 0.5) is 17.1 Å². The van der Waals surface area contributed by atoms with Gasteiger partial charge in [0.15, 0.2) is 0 Å². The van der Waals surface area contributed by atoms with Gasteiger partial charge in [-0.05, 0) is 49.8 Å². The Morgan fingerprint density at radius 2 is 1.41 bits per heavy atom. The van der Waals surface area contributed by atoms with Gasteiger partial charge < -0.3 is 19.1 Å². The van der Waals surface area contributed by atoms with Crippen molar-refractivity contribution in [1.29, 1.82) is 0 Å². The van der Waals surface area contributed by atoms with E-state index in [1.807, 2.05) is 24.3 Å². The molecule has 0 radical (unpaired) electrons. The van der Waals surface area contributed by atoms with Gasteiger partial charge in [0.05, 0.1) is 0 Å².